The van der Waals surface area contributed by atoms with E-state index in [-0.39, 0.29) is 11.3 Å². The van der Waals surface area contributed by atoms with Gasteiger partial charge in [-0.3, -0.25) is 4.79 Å². The van der Waals surface area contributed by atoms with Crippen LogP contribution in [0.2, 0.25) is 0 Å². The molecule has 1 heterocycles. The maximum absolute atomic E-state index is 12.6. The van der Waals surface area contributed by atoms with Crippen LogP contribution in [0.4, 0.5) is 23.2 Å². The van der Waals surface area contributed by atoms with Crippen molar-refractivity contribution in [2.75, 3.05) is 5.32 Å². The number of benzene rings is 2. The SMILES string of the molecule is Cc1nc2cc(NC(=O)/C=C/c3ccc(OC(F)F)cc3OC(F)F)ccc2o1. The number of carbonyl (C=O) groups excluding carboxylic acids is 1. The fraction of sp³-hybridized carbons (Fsp3) is 0.158. The first kappa shape index (κ1) is 20.2. The highest BCUT2D eigenvalue weighted by Crippen LogP contribution is 2.28. The maximum Gasteiger partial charge on any atom is 0.387 e. The third kappa shape index (κ3) is 5.47. The minimum atomic E-state index is -3.18. The molecule has 0 radical (unpaired) electrons. The fourth-order valence-electron chi connectivity index (χ4n) is 2.50. The lowest BCUT2D eigenvalue weighted by Crippen LogP contribution is -2.08. The van der Waals surface area contributed by atoms with E-state index in [9.17, 15) is 22.4 Å². The largest absolute Gasteiger partial charge is 0.441 e. The second kappa shape index (κ2) is 8.63. The van der Waals surface area contributed by atoms with Crippen molar-refractivity contribution in [3.05, 3.63) is 53.9 Å². The molecule has 0 unspecified atom stereocenters. The van der Waals surface area contributed by atoms with Crippen molar-refractivity contribution in [3.8, 4) is 11.5 Å². The van der Waals surface area contributed by atoms with Gasteiger partial charge in [-0.25, -0.2) is 4.98 Å². The van der Waals surface area contributed by atoms with Crippen LogP contribution >= 0.6 is 0 Å². The summed E-state index contributed by atoms with van der Waals surface area (Å²) in [6.07, 6.45) is 2.29. The molecule has 3 aromatic rings. The van der Waals surface area contributed by atoms with Gasteiger partial charge in [0.1, 0.15) is 17.0 Å². The van der Waals surface area contributed by atoms with E-state index < -0.39 is 24.9 Å². The van der Waals surface area contributed by atoms with Crippen molar-refractivity contribution in [1.29, 1.82) is 0 Å². The second-order valence-electron chi connectivity index (χ2n) is 5.69. The molecule has 0 saturated carbocycles. The Morgan fingerprint density at radius 3 is 2.59 bits per heavy atom. The Labute approximate surface area is 161 Å². The molecule has 2 aromatic carbocycles. The Hall–Kier alpha value is -3.56. The van der Waals surface area contributed by atoms with Crippen LogP contribution in [0.15, 0.2) is 46.9 Å². The van der Waals surface area contributed by atoms with Gasteiger partial charge in [-0.05, 0) is 36.4 Å². The topological polar surface area (TPSA) is 73.6 Å². The zero-order valence-electron chi connectivity index (χ0n) is 14.9. The van der Waals surface area contributed by atoms with Gasteiger partial charge >= 0.3 is 13.2 Å². The second-order valence-corrected chi connectivity index (χ2v) is 5.69. The Bertz CT molecular complexity index is 1050. The number of nitrogens with one attached hydrogen (secondary N) is 1. The maximum atomic E-state index is 12.6. The molecule has 29 heavy (non-hydrogen) atoms. The van der Waals surface area contributed by atoms with Crippen LogP contribution in [0.5, 0.6) is 11.5 Å². The molecule has 0 spiro atoms. The third-order valence-electron chi connectivity index (χ3n) is 3.60. The first-order chi connectivity index (χ1) is 13.8. The number of fused-ring (bicyclic) bond motifs is 1. The number of aryl methyl sites for hydroxylation is 1. The van der Waals surface area contributed by atoms with E-state index in [1.165, 1.54) is 12.1 Å². The Morgan fingerprint density at radius 1 is 1.10 bits per heavy atom. The first-order valence-corrected chi connectivity index (χ1v) is 8.20. The van der Waals surface area contributed by atoms with Gasteiger partial charge in [0, 0.05) is 30.3 Å². The minimum absolute atomic E-state index is 0.0737. The molecular formula is C19H14F4N2O4. The van der Waals surface area contributed by atoms with Crippen LogP contribution in [-0.4, -0.2) is 24.1 Å². The predicted octanol–water partition coefficient (Wildman–Crippen LogP) is 4.99. The smallest absolute Gasteiger partial charge is 0.387 e. The molecule has 1 aromatic heterocycles. The molecule has 1 N–H and O–H groups in total. The van der Waals surface area contributed by atoms with Crippen molar-refractivity contribution < 1.29 is 36.2 Å². The zero-order chi connectivity index (χ0) is 21.0. The van der Waals surface area contributed by atoms with E-state index in [2.05, 4.69) is 19.8 Å². The number of oxazole rings is 1. The average molecular weight is 410 g/mol. The number of hydrogen-bond acceptors (Lipinski definition) is 5. The number of alkyl halides is 4. The number of hydrogen-bond donors (Lipinski definition) is 1. The molecule has 6 nitrogen and oxygen atoms in total. The van der Waals surface area contributed by atoms with Crippen molar-refractivity contribution >= 4 is 28.8 Å². The highest BCUT2D eigenvalue weighted by molar-refractivity contribution is 6.02. The number of anilines is 1. The molecule has 0 aliphatic heterocycles. The Morgan fingerprint density at radius 2 is 1.86 bits per heavy atom. The summed E-state index contributed by atoms with van der Waals surface area (Å²) in [7, 11) is 0. The van der Waals surface area contributed by atoms with Crippen molar-refractivity contribution in [2.24, 2.45) is 0 Å². The summed E-state index contributed by atoms with van der Waals surface area (Å²) in [5, 5.41) is 2.59. The lowest BCUT2D eigenvalue weighted by molar-refractivity contribution is -0.111. The number of nitrogens with zero attached hydrogens (tertiary/aromatic N) is 1. The van der Waals surface area contributed by atoms with Crippen molar-refractivity contribution in [1.82, 2.24) is 4.98 Å². The highest BCUT2D eigenvalue weighted by atomic mass is 19.3. The molecule has 0 aliphatic rings. The number of amides is 1. The number of rotatable bonds is 7. The van der Waals surface area contributed by atoms with E-state index in [1.54, 1.807) is 25.1 Å². The number of carbonyl (C=O) groups is 1. The van der Waals surface area contributed by atoms with Crippen molar-refractivity contribution in [2.45, 2.75) is 20.1 Å². The van der Waals surface area contributed by atoms with Crippen LogP contribution < -0.4 is 14.8 Å². The third-order valence-corrected chi connectivity index (χ3v) is 3.60. The molecular weight excluding hydrogens is 396 g/mol. The predicted molar refractivity (Wildman–Crippen MR) is 96.1 cm³/mol. The van der Waals surface area contributed by atoms with Crippen LogP contribution in [-0.2, 0) is 4.79 Å². The zero-order valence-corrected chi connectivity index (χ0v) is 14.9. The van der Waals surface area contributed by atoms with Gasteiger partial charge in [0.25, 0.3) is 0 Å². The summed E-state index contributed by atoms with van der Waals surface area (Å²) in [5.74, 6) is -0.843. The average Bonchev–Trinajstić information content (AvgIpc) is 2.99. The molecule has 0 aliphatic carbocycles. The molecule has 10 heteroatoms. The van der Waals surface area contributed by atoms with Gasteiger partial charge in [-0.2, -0.15) is 17.6 Å². The van der Waals surface area contributed by atoms with Gasteiger partial charge in [-0.15, -0.1) is 0 Å². The number of halogens is 4. The molecule has 0 fully saturated rings. The summed E-state index contributed by atoms with van der Waals surface area (Å²) in [6, 6.07) is 8.11. The summed E-state index contributed by atoms with van der Waals surface area (Å²) in [4.78, 5) is 16.3. The number of ether oxygens (including phenoxy) is 2. The molecule has 152 valence electrons. The molecule has 3 rings (SSSR count). The van der Waals surface area contributed by atoms with E-state index in [0.29, 0.717) is 22.7 Å². The van der Waals surface area contributed by atoms with Gasteiger partial charge < -0.3 is 19.2 Å². The Balaban J connectivity index is 1.75. The summed E-state index contributed by atoms with van der Waals surface area (Å²) < 4.78 is 63.5. The van der Waals surface area contributed by atoms with Crippen molar-refractivity contribution in [3.63, 3.8) is 0 Å². The van der Waals surface area contributed by atoms with Gasteiger partial charge in [0.2, 0.25) is 5.91 Å². The van der Waals surface area contributed by atoms with Gasteiger partial charge in [0.05, 0.1) is 0 Å². The highest BCUT2D eigenvalue weighted by Gasteiger charge is 2.12. The monoisotopic (exact) mass is 410 g/mol. The normalized spacial score (nSPS) is 11.6. The molecule has 0 saturated heterocycles. The molecule has 0 atom stereocenters. The molecule has 0 bridgehead atoms. The summed E-state index contributed by atoms with van der Waals surface area (Å²) in [6.45, 7) is -4.61. The first-order valence-electron chi connectivity index (χ1n) is 8.20. The van der Waals surface area contributed by atoms with E-state index in [0.717, 1.165) is 18.2 Å². The van der Waals surface area contributed by atoms with Crippen LogP contribution in [0, 0.1) is 6.92 Å². The summed E-state index contributed by atoms with van der Waals surface area (Å²) >= 11 is 0. The van der Waals surface area contributed by atoms with E-state index in [1.807, 2.05) is 0 Å². The Kier molecular flexibility index (Phi) is 6.01. The van der Waals surface area contributed by atoms with Crippen LogP contribution in [0.1, 0.15) is 11.5 Å². The lowest BCUT2D eigenvalue weighted by Gasteiger charge is -2.11. The lowest BCUT2D eigenvalue weighted by atomic mass is 10.1. The standard InChI is InChI=1S/C19H14F4N2O4/c1-10-24-14-8-12(4-6-15(14)27-10)25-17(26)7-3-11-2-5-13(28-18(20)21)9-16(11)29-19(22)23/h2-9,18-19H,1H3,(H,25,26)/b7-3+. The number of aromatic nitrogens is 1. The minimum Gasteiger partial charge on any atom is -0.441 e. The van der Waals surface area contributed by atoms with E-state index >= 15 is 0 Å². The van der Waals surface area contributed by atoms with Gasteiger partial charge in [-0.1, -0.05) is 0 Å². The summed E-state index contributed by atoms with van der Waals surface area (Å²) in [5.41, 5.74) is 1.65. The van der Waals surface area contributed by atoms with Gasteiger partial charge in [0.15, 0.2) is 11.5 Å². The van der Waals surface area contributed by atoms with E-state index in [4.69, 9.17) is 4.42 Å². The quantitative estimate of drug-likeness (QED) is 0.439. The molecule has 1 amide bonds. The van der Waals surface area contributed by atoms with Crippen LogP contribution in [0.25, 0.3) is 17.2 Å². The van der Waals surface area contributed by atoms with Crippen LogP contribution in [0.3, 0.4) is 0 Å². The fourth-order valence-corrected chi connectivity index (χ4v) is 2.50.